The highest BCUT2D eigenvalue weighted by atomic mass is 15.1. The van der Waals surface area contributed by atoms with Crippen molar-refractivity contribution < 1.29 is 0 Å². The lowest BCUT2D eigenvalue weighted by atomic mass is 9.77. The standard InChI is InChI=1S/C56H50N2/c1-35-19-23-39(24-20-35)57(37-15-11-9-12-16-37)41-27-29-43-45(31-41)47-33-49(55(3,4)5)52-44-30-28-42(58(38-17-13-10-14-18-38)40-25-21-36(2)22-26-40)32-46(44)48-34-50(56(6,7)8)51(43)53(47)54(48)52/h9-34H,1-8H3. The first kappa shape index (κ1) is 36.0. The van der Waals surface area contributed by atoms with E-state index in [4.69, 9.17) is 0 Å². The molecule has 0 saturated carbocycles. The minimum Gasteiger partial charge on any atom is -0.310 e. The molecule has 2 aliphatic rings. The fourth-order valence-corrected chi connectivity index (χ4v) is 9.46. The van der Waals surface area contributed by atoms with Gasteiger partial charge in [0, 0.05) is 34.1 Å². The van der Waals surface area contributed by atoms with Crippen molar-refractivity contribution in [3.63, 3.8) is 0 Å². The molecule has 0 fully saturated rings. The zero-order chi connectivity index (χ0) is 40.1. The summed E-state index contributed by atoms with van der Waals surface area (Å²) in [6.45, 7) is 18.6. The number of benzene rings is 8. The Balaban J connectivity index is 1.24. The third kappa shape index (κ3) is 5.69. The highest BCUT2D eigenvalue weighted by molar-refractivity contribution is 6.28. The molecule has 0 aliphatic heterocycles. The minimum absolute atomic E-state index is 0.0866. The average Bonchev–Trinajstić information content (AvgIpc) is 3.71. The number of nitrogens with zero attached hydrogens (tertiary/aromatic N) is 2. The van der Waals surface area contributed by atoms with Gasteiger partial charge in [0.15, 0.2) is 0 Å². The lowest BCUT2D eigenvalue weighted by molar-refractivity contribution is 0.592. The Morgan fingerprint density at radius 2 is 0.638 bits per heavy atom. The Kier molecular flexibility index (Phi) is 8.12. The molecule has 0 N–H and O–H groups in total. The van der Waals surface area contributed by atoms with Crippen molar-refractivity contribution in [1.82, 2.24) is 0 Å². The highest BCUT2D eigenvalue weighted by Crippen LogP contribution is 2.62. The number of fused-ring (bicyclic) bond motifs is 6. The van der Waals surface area contributed by atoms with E-state index in [9.17, 15) is 0 Å². The summed E-state index contributed by atoms with van der Waals surface area (Å²) >= 11 is 0. The maximum Gasteiger partial charge on any atom is 0.0468 e. The third-order valence-corrected chi connectivity index (χ3v) is 12.3. The summed E-state index contributed by atoms with van der Waals surface area (Å²) in [5.41, 5.74) is 22.8. The molecule has 0 bridgehead atoms. The molecule has 0 amide bonds. The lowest BCUT2D eigenvalue weighted by Gasteiger charge is -2.27. The van der Waals surface area contributed by atoms with Crippen LogP contribution in [0.25, 0.3) is 55.3 Å². The van der Waals surface area contributed by atoms with Crippen LogP contribution >= 0.6 is 0 Å². The van der Waals surface area contributed by atoms with Crippen LogP contribution in [0.15, 0.2) is 158 Å². The van der Waals surface area contributed by atoms with E-state index < -0.39 is 0 Å². The van der Waals surface area contributed by atoms with Gasteiger partial charge in [0.1, 0.15) is 0 Å². The van der Waals surface area contributed by atoms with Crippen LogP contribution in [0.1, 0.15) is 63.8 Å². The number of para-hydroxylation sites is 2. The van der Waals surface area contributed by atoms with Gasteiger partial charge in [-0.15, -0.1) is 0 Å². The van der Waals surface area contributed by atoms with E-state index in [-0.39, 0.29) is 10.8 Å². The van der Waals surface area contributed by atoms with Crippen LogP contribution in [0, 0.1) is 13.8 Å². The SMILES string of the molecule is Cc1ccc(N(c2ccccc2)c2ccc3c(c2)-c2cc(C(C)(C)C)c4c5c(cc(C(C)(C)C)c-3c25)-c2cc(N(c3ccccc3)c3ccc(C)cc3)ccc2-4)cc1. The van der Waals surface area contributed by atoms with Crippen molar-refractivity contribution in [3.05, 3.63) is 180 Å². The van der Waals surface area contributed by atoms with Crippen LogP contribution in [0.2, 0.25) is 0 Å². The molecule has 58 heavy (non-hydrogen) atoms. The van der Waals surface area contributed by atoms with Crippen molar-refractivity contribution >= 4 is 44.9 Å². The van der Waals surface area contributed by atoms with Crippen LogP contribution in [0.3, 0.4) is 0 Å². The van der Waals surface area contributed by atoms with Gasteiger partial charge in [0.25, 0.3) is 0 Å². The molecule has 0 aromatic heterocycles. The van der Waals surface area contributed by atoms with Gasteiger partial charge in [0.05, 0.1) is 0 Å². The fourth-order valence-electron chi connectivity index (χ4n) is 9.46. The van der Waals surface area contributed by atoms with Gasteiger partial charge in [-0.3, -0.25) is 0 Å². The van der Waals surface area contributed by atoms with E-state index in [0.29, 0.717) is 0 Å². The molecule has 2 heteroatoms. The van der Waals surface area contributed by atoms with E-state index >= 15 is 0 Å². The third-order valence-electron chi connectivity index (χ3n) is 12.3. The number of hydrogen-bond donors (Lipinski definition) is 0. The van der Waals surface area contributed by atoms with Gasteiger partial charge in [-0.1, -0.05) is 125 Å². The molecule has 0 spiro atoms. The minimum atomic E-state index is -0.0866. The Labute approximate surface area is 344 Å². The Morgan fingerprint density at radius 3 is 0.983 bits per heavy atom. The summed E-state index contributed by atoms with van der Waals surface area (Å²) in [6.07, 6.45) is 0. The van der Waals surface area contributed by atoms with Gasteiger partial charge >= 0.3 is 0 Å². The fraction of sp³-hybridized carbons (Fsp3) is 0.179. The maximum atomic E-state index is 2.55. The van der Waals surface area contributed by atoms with Gasteiger partial charge < -0.3 is 9.80 Å². The number of rotatable bonds is 6. The summed E-state index contributed by atoms with van der Waals surface area (Å²) in [4.78, 5) is 4.80. The van der Waals surface area contributed by atoms with Crippen LogP contribution in [-0.2, 0) is 10.8 Å². The number of hydrogen-bond acceptors (Lipinski definition) is 2. The topological polar surface area (TPSA) is 6.48 Å². The molecule has 2 aliphatic carbocycles. The second kappa shape index (κ2) is 13.1. The Morgan fingerprint density at radius 1 is 0.310 bits per heavy atom. The second-order valence-electron chi connectivity index (χ2n) is 18.4. The Hall–Kier alpha value is -6.38. The van der Waals surface area contributed by atoms with Crippen molar-refractivity contribution in [2.75, 3.05) is 9.80 Å². The molecule has 0 radical (unpaired) electrons. The molecule has 0 heterocycles. The van der Waals surface area contributed by atoms with Crippen LogP contribution in [0.5, 0.6) is 0 Å². The first-order valence-electron chi connectivity index (χ1n) is 20.7. The highest BCUT2D eigenvalue weighted by Gasteiger charge is 2.38. The summed E-state index contributed by atoms with van der Waals surface area (Å²) in [6, 6.07) is 58.8. The van der Waals surface area contributed by atoms with Gasteiger partial charge in [-0.05, 0) is 176 Å². The molecule has 10 rings (SSSR count). The predicted octanol–water partition coefficient (Wildman–Crippen LogP) is 16.3. The first-order valence-corrected chi connectivity index (χ1v) is 20.7. The first-order chi connectivity index (χ1) is 27.9. The van der Waals surface area contributed by atoms with Gasteiger partial charge in [-0.25, -0.2) is 0 Å². The lowest BCUT2D eigenvalue weighted by Crippen LogP contribution is -2.14. The molecule has 0 unspecified atom stereocenters. The summed E-state index contributed by atoms with van der Waals surface area (Å²) in [7, 11) is 0. The monoisotopic (exact) mass is 750 g/mol. The molecule has 8 aromatic carbocycles. The van der Waals surface area contributed by atoms with E-state index in [1.165, 1.54) is 77.5 Å². The van der Waals surface area contributed by atoms with E-state index in [0.717, 1.165) is 34.1 Å². The van der Waals surface area contributed by atoms with E-state index in [1.54, 1.807) is 0 Å². The molecular weight excluding hydrogens is 701 g/mol. The zero-order valence-electron chi connectivity index (χ0n) is 34.9. The predicted molar refractivity (Wildman–Crippen MR) is 249 cm³/mol. The summed E-state index contributed by atoms with van der Waals surface area (Å²) in [5.74, 6) is 0. The van der Waals surface area contributed by atoms with Crippen molar-refractivity contribution in [2.24, 2.45) is 0 Å². The normalized spacial score (nSPS) is 12.5. The average molecular weight is 751 g/mol. The molecule has 8 aromatic rings. The van der Waals surface area contributed by atoms with Crippen LogP contribution in [-0.4, -0.2) is 0 Å². The van der Waals surface area contributed by atoms with Crippen molar-refractivity contribution in [3.8, 4) is 44.5 Å². The van der Waals surface area contributed by atoms with Crippen LogP contribution < -0.4 is 9.80 Å². The van der Waals surface area contributed by atoms with Crippen molar-refractivity contribution in [1.29, 1.82) is 0 Å². The quantitative estimate of drug-likeness (QED) is 0.167. The number of aryl methyl sites for hydroxylation is 2. The van der Waals surface area contributed by atoms with Gasteiger partial charge in [0.2, 0.25) is 0 Å². The number of anilines is 6. The molecule has 0 atom stereocenters. The largest absolute Gasteiger partial charge is 0.310 e. The van der Waals surface area contributed by atoms with Gasteiger partial charge in [-0.2, -0.15) is 0 Å². The Bertz CT molecular complexity index is 2690. The van der Waals surface area contributed by atoms with E-state index in [2.05, 4.69) is 223 Å². The zero-order valence-corrected chi connectivity index (χ0v) is 34.9. The molecule has 284 valence electrons. The van der Waals surface area contributed by atoms with E-state index in [1.807, 2.05) is 0 Å². The maximum absolute atomic E-state index is 2.55. The smallest absolute Gasteiger partial charge is 0.0468 e. The second-order valence-corrected chi connectivity index (χ2v) is 18.4. The molecule has 0 saturated heterocycles. The van der Waals surface area contributed by atoms with Crippen molar-refractivity contribution in [2.45, 2.75) is 66.2 Å². The molecular formula is C56H50N2. The summed E-state index contributed by atoms with van der Waals surface area (Å²) in [5, 5.41) is 2.80. The van der Waals surface area contributed by atoms with Crippen LogP contribution in [0.4, 0.5) is 34.1 Å². The summed E-state index contributed by atoms with van der Waals surface area (Å²) < 4.78 is 0. The molecule has 2 nitrogen and oxygen atoms in total.